The molecule has 2 unspecified atom stereocenters. The average Bonchev–Trinajstić information content (AvgIpc) is 2.13. The quantitative estimate of drug-likeness (QED) is 0.704. The van der Waals surface area contributed by atoms with Gasteiger partial charge in [-0.25, -0.2) is 0 Å². The lowest BCUT2D eigenvalue weighted by Gasteiger charge is -2.36. The van der Waals surface area contributed by atoms with E-state index in [0.29, 0.717) is 6.54 Å². The van der Waals surface area contributed by atoms with Crippen LogP contribution in [0.4, 0.5) is 0 Å². The SMILES string of the molecule is CCO[Si](C)(CCCN)OC(C)C(C)(C)C. The van der Waals surface area contributed by atoms with E-state index in [1.54, 1.807) is 0 Å². The molecule has 0 aliphatic heterocycles. The second-order valence-electron chi connectivity index (χ2n) is 5.59. The lowest BCUT2D eigenvalue weighted by molar-refractivity contribution is 0.0561. The number of hydrogen-bond acceptors (Lipinski definition) is 3. The van der Waals surface area contributed by atoms with Crippen LogP contribution in [0.15, 0.2) is 0 Å². The van der Waals surface area contributed by atoms with Crippen LogP contribution >= 0.6 is 0 Å². The van der Waals surface area contributed by atoms with Gasteiger partial charge in [-0.2, -0.15) is 0 Å². The molecule has 16 heavy (non-hydrogen) atoms. The molecule has 0 bridgehead atoms. The summed E-state index contributed by atoms with van der Waals surface area (Å²) in [5.74, 6) is 0. The smallest absolute Gasteiger partial charge is 0.335 e. The van der Waals surface area contributed by atoms with Crippen molar-refractivity contribution in [2.45, 2.75) is 59.7 Å². The van der Waals surface area contributed by atoms with Crippen LogP contribution in [0.25, 0.3) is 0 Å². The van der Waals surface area contributed by atoms with E-state index in [4.69, 9.17) is 14.6 Å². The molecular weight excluding hydrogens is 218 g/mol. The van der Waals surface area contributed by atoms with E-state index in [-0.39, 0.29) is 11.5 Å². The molecule has 0 aromatic carbocycles. The zero-order valence-corrected chi connectivity index (χ0v) is 12.8. The van der Waals surface area contributed by atoms with E-state index in [0.717, 1.165) is 19.1 Å². The van der Waals surface area contributed by atoms with Crippen molar-refractivity contribution in [3.8, 4) is 0 Å². The normalized spacial score (nSPS) is 18.2. The number of hydrogen-bond donors (Lipinski definition) is 1. The van der Waals surface area contributed by atoms with Crippen LogP contribution in [0.1, 0.15) is 41.0 Å². The van der Waals surface area contributed by atoms with Gasteiger partial charge in [-0.15, -0.1) is 0 Å². The fourth-order valence-electron chi connectivity index (χ4n) is 1.44. The summed E-state index contributed by atoms with van der Waals surface area (Å²) in [4.78, 5) is 0. The van der Waals surface area contributed by atoms with Crippen molar-refractivity contribution in [1.82, 2.24) is 0 Å². The molecular formula is C12H29NO2Si. The molecule has 0 saturated heterocycles. The van der Waals surface area contributed by atoms with Crippen molar-refractivity contribution in [2.75, 3.05) is 13.2 Å². The maximum absolute atomic E-state index is 6.21. The molecule has 0 radical (unpaired) electrons. The monoisotopic (exact) mass is 247 g/mol. The summed E-state index contributed by atoms with van der Waals surface area (Å²) in [6.45, 7) is 14.3. The largest absolute Gasteiger partial charge is 0.395 e. The lowest BCUT2D eigenvalue weighted by Crippen LogP contribution is -2.45. The van der Waals surface area contributed by atoms with Gasteiger partial charge in [0.05, 0.1) is 0 Å². The topological polar surface area (TPSA) is 44.5 Å². The molecule has 0 spiro atoms. The molecule has 3 nitrogen and oxygen atoms in total. The third-order valence-electron chi connectivity index (χ3n) is 2.93. The first-order chi connectivity index (χ1) is 7.25. The van der Waals surface area contributed by atoms with E-state index >= 15 is 0 Å². The zero-order chi connectivity index (χ0) is 12.8. The molecule has 0 amide bonds. The van der Waals surface area contributed by atoms with Gasteiger partial charge in [-0.05, 0) is 44.8 Å². The zero-order valence-electron chi connectivity index (χ0n) is 11.8. The van der Waals surface area contributed by atoms with Gasteiger partial charge in [0.15, 0.2) is 0 Å². The Labute approximate surface area is 102 Å². The van der Waals surface area contributed by atoms with Crippen LogP contribution in [0, 0.1) is 5.41 Å². The van der Waals surface area contributed by atoms with E-state index in [1.165, 1.54) is 0 Å². The third-order valence-corrected chi connectivity index (χ3v) is 5.94. The Kier molecular flexibility index (Phi) is 6.78. The molecule has 2 N–H and O–H groups in total. The lowest BCUT2D eigenvalue weighted by atomic mass is 9.91. The number of rotatable bonds is 7. The van der Waals surface area contributed by atoms with Crippen molar-refractivity contribution in [3.63, 3.8) is 0 Å². The van der Waals surface area contributed by atoms with Gasteiger partial charge in [-0.3, -0.25) is 0 Å². The van der Waals surface area contributed by atoms with E-state index in [2.05, 4.69) is 34.2 Å². The molecule has 98 valence electrons. The first-order valence-electron chi connectivity index (χ1n) is 6.27. The van der Waals surface area contributed by atoms with Crippen molar-refractivity contribution >= 4 is 8.56 Å². The summed E-state index contributed by atoms with van der Waals surface area (Å²) in [6, 6.07) is 0.984. The maximum Gasteiger partial charge on any atom is 0.335 e. The predicted molar refractivity (Wildman–Crippen MR) is 71.7 cm³/mol. The Morgan fingerprint density at radius 3 is 2.25 bits per heavy atom. The Bertz CT molecular complexity index is 194. The second kappa shape index (κ2) is 6.74. The van der Waals surface area contributed by atoms with Gasteiger partial charge < -0.3 is 14.6 Å². The molecule has 0 aliphatic rings. The molecule has 4 heteroatoms. The summed E-state index contributed by atoms with van der Waals surface area (Å²) >= 11 is 0. The van der Waals surface area contributed by atoms with Crippen LogP contribution in [0.5, 0.6) is 0 Å². The summed E-state index contributed by atoms with van der Waals surface area (Å²) < 4.78 is 12.1. The van der Waals surface area contributed by atoms with Gasteiger partial charge in [0, 0.05) is 12.7 Å². The third kappa shape index (κ3) is 5.99. The highest BCUT2D eigenvalue weighted by molar-refractivity contribution is 6.66. The molecule has 0 saturated carbocycles. The van der Waals surface area contributed by atoms with E-state index < -0.39 is 8.56 Å². The van der Waals surface area contributed by atoms with Crippen molar-refractivity contribution in [2.24, 2.45) is 11.1 Å². The fraction of sp³-hybridized carbons (Fsp3) is 1.00. The van der Waals surface area contributed by atoms with Crippen LogP contribution in [-0.4, -0.2) is 27.8 Å². The van der Waals surface area contributed by atoms with Gasteiger partial charge in [0.1, 0.15) is 0 Å². The fourth-order valence-corrected chi connectivity index (χ4v) is 4.33. The minimum Gasteiger partial charge on any atom is -0.395 e. The molecule has 0 aliphatic carbocycles. The Morgan fingerprint density at radius 1 is 1.31 bits per heavy atom. The van der Waals surface area contributed by atoms with Gasteiger partial charge >= 0.3 is 8.56 Å². The van der Waals surface area contributed by atoms with Crippen LogP contribution in [0.2, 0.25) is 12.6 Å². The van der Waals surface area contributed by atoms with Crippen molar-refractivity contribution in [1.29, 1.82) is 0 Å². The maximum atomic E-state index is 6.21. The minimum atomic E-state index is -2.02. The second-order valence-corrected chi connectivity index (χ2v) is 8.88. The molecule has 0 aromatic heterocycles. The molecule has 0 rings (SSSR count). The highest BCUT2D eigenvalue weighted by atomic mass is 28.4. The van der Waals surface area contributed by atoms with E-state index in [9.17, 15) is 0 Å². The standard InChI is InChI=1S/C12H29NO2Si/c1-7-14-16(6,10-8-9-13)15-11(2)12(3,4)5/h11H,7-10,13H2,1-6H3. The first-order valence-corrected chi connectivity index (χ1v) is 8.79. The van der Waals surface area contributed by atoms with Gasteiger partial charge in [-0.1, -0.05) is 20.8 Å². The Balaban J connectivity index is 4.41. The van der Waals surface area contributed by atoms with Crippen LogP contribution in [0.3, 0.4) is 0 Å². The summed E-state index contributed by atoms with van der Waals surface area (Å²) in [6.07, 6.45) is 1.20. The average molecular weight is 247 g/mol. The molecule has 2 atom stereocenters. The van der Waals surface area contributed by atoms with Crippen molar-refractivity contribution < 1.29 is 8.85 Å². The molecule has 0 heterocycles. The minimum absolute atomic E-state index is 0.161. The van der Waals surface area contributed by atoms with Crippen molar-refractivity contribution in [3.05, 3.63) is 0 Å². The number of nitrogens with two attached hydrogens (primary N) is 1. The predicted octanol–water partition coefficient (Wildman–Crippen LogP) is 2.89. The highest BCUT2D eigenvalue weighted by Gasteiger charge is 2.35. The summed E-state index contributed by atoms with van der Waals surface area (Å²) in [5.41, 5.74) is 5.72. The van der Waals surface area contributed by atoms with Gasteiger partial charge in [0.2, 0.25) is 0 Å². The summed E-state index contributed by atoms with van der Waals surface area (Å²) in [5, 5.41) is 0. The van der Waals surface area contributed by atoms with E-state index in [1.807, 2.05) is 6.92 Å². The van der Waals surface area contributed by atoms with Crippen LogP contribution in [-0.2, 0) is 8.85 Å². The van der Waals surface area contributed by atoms with Crippen LogP contribution < -0.4 is 5.73 Å². The Morgan fingerprint density at radius 2 is 1.88 bits per heavy atom. The Hall–Kier alpha value is 0.0969. The van der Waals surface area contributed by atoms with Gasteiger partial charge in [0.25, 0.3) is 0 Å². The summed E-state index contributed by atoms with van der Waals surface area (Å²) in [7, 11) is -2.02. The molecule has 0 fully saturated rings. The molecule has 0 aromatic rings. The highest BCUT2D eigenvalue weighted by Crippen LogP contribution is 2.27. The first kappa shape index (κ1) is 16.1.